The van der Waals surface area contributed by atoms with E-state index in [9.17, 15) is 9.90 Å². The van der Waals surface area contributed by atoms with Crippen LogP contribution in [0, 0.1) is 11.3 Å². The number of nitrogens with zero attached hydrogens (tertiary/aromatic N) is 1. The van der Waals surface area contributed by atoms with Crippen molar-refractivity contribution in [2.24, 2.45) is 0 Å². The van der Waals surface area contributed by atoms with Gasteiger partial charge in [0.15, 0.2) is 5.78 Å². The number of carbonyl (C=O) groups is 1. The van der Waals surface area contributed by atoms with E-state index < -0.39 is 0 Å². The molecule has 1 N–H and O–H groups in total. The van der Waals surface area contributed by atoms with Gasteiger partial charge in [0.05, 0.1) is 11.6 Å². The maximum Gasteiger partial charge on any atom is 0.193 e. The molecule has 1 aromatic rings. The lowest BCUT2D eigenvalue weighted by atomic mass is 10.0. The average Bonchev–Trinajstić information content (AvgIpc) is 2.18. The molecule has 14 heavy (non-hydrogen) atoms. The summed E-state index contributed by atoms with van der Waals surface area (Å²) in [6.45, 7) is 1.54. The number of benzene rings is 1. The lowest BCUT2D eigenvalue weighted by molar-refractivity contribution is 0.103. The largest absolute Gasteiger partial charge is 0.507 e. The fraction of sp³-hybridized carbons (Fsp3) is 0.0909. The second-order valence-electron chi connectivity index (χ2n) is 2.80. The number of rotatable bonds is 2. The minimum absolute atomic E-state index is 0.0665. The highest BCUT2D eigenvalue weighted by atomic mass is 16.3. The summed E-state index contributed by atoms with van der Waals surface area (Å²) in [4.78, 5) is 11.6. The van der Waals surface area contributed by atoms with E-state index >= 15 is 0 Å². The third-order valence-corrected chi connectivity index (χ3v) is 1.79. The van der Waals surface area contributed by atoms with Gasteiger partial charge < -0.3 is 5.11 Å². The molecule has 0 radical (unpaired) electrons. The number of nitriles is 1. The quantitative estimate of drug-likeness (QED) is 0.438. The van der Waals surface area contributed by atoms with Crippen molar-refractivity contribution >= 4 is 5.78 Å². The van der Waals surface area contributed by atoms with Gasteiger partial charge in [0, 0.05) is 11.6 Å². The van der Waals surface area contributed by atoms with Gasteiger partial charge in [0.2, 0.25) is 0 Å². The molecule has 1 rings (SSSR count). The van der Waals surface area contributed by atoms with E-state index in [1.807, 2.05) is 0 Å². The number of hydrogen-bond acceptors (Lipinski definition) is 3. The van der Waals surface area contributed by atoms with E-state index in [1.165, 1.54) is 19.1 Å². The Bertz CT molecular complexity index is 427. The molecular formula is C11H9NO2. The minimum Gasteiger partial charge on any atom is -0.507 e. The van der Waals surface area contributed by atoms with Crippen LogP contribution in [0.15, 0.2) is 35.9 Å². The fourth-order valence-corrected chi connectivity index (χ4v) is 1.04. The summed E-state index contributed by atoms with van der Waals surface area (Å²) >= 11 is 0. The first kappa shape index (κ1) is 10.0. The van der Waals surface area contributed by atoms with Gasteiger partial charge in [0.1, 0.15) is 5.75 Å². The van der Waals surface area contributed by atoms with Gasteiger partial charge in [-0.3, -0.25) is 4.79 Å². The predicted molar refractivity (Wildman–Crippen MR) is 51.8 cm³/mol. The Labute approximate surface area is 81.9 Å². The number of phenols is 1. The van der Waals surface area contributed by atoms with Gasteiger partial charge in [-0.05, 0) is 19.1 Å². The monoisotopic (exact) mass is 187 g/mol. The molecular weight excluding hydrogens is 178 g/mol. The molecule has 3 nitrogen and oxygen atoms in total. The molecule has 0 spiro atoms. The molecule has 0 bridgehead atoms. The van der Waals surface area contributed by atoms with E-state index in [2.05, 4.69) is 0 Å². The molecule has 0 aromatic heterocycles. The fourth-order valence-electron chi connectivity index (χ4n) is 1.04. The van der Waals surface area contributed by atoms with E-state index in [-0.39, 0.29) is 17.1 Å². The average molecular weight is 187 g/mol. The topological polar surface area (TPSA) is 61.1 Å². The Morgan fingerprint density at radius 3 is 2.71 bits per heavy atom. The number of Topliss-reactive ketones (excluding diaryl/α,β-unsaturated/α-hetero) is 1. The molecule has 0 aliphatic heterocycles. The van der Waals surface area contributed by atoms with E-state index in [0.29, 0.717) is 5.57 Å². The van der Waals surface area contributed by atoms with Crippen LogP contribution in [-0.2, 0) is 0 Å². The summed E-state index contributed by atoms with van der Waals surface area (Å²) in [5, 5.41) is 17.7. The first-order chi connectivity index (χ1) is 6.66. The van der Waals surface area contributed by atoms with E-state index in [4.69, 9.17) is 5.26 Å². The second kappa shape index (κ2) is 4.24. The number of ketones is 1. The van der Waals surface area contributed by atoms with Crippen LogP contribution in [0.5, 0.6) is 5.75 Å². The maximum atomic E-state index is 11.6. The first-order valence-electron chi connectivity index (χ1n) is 4.06. The molecule has 70 valence electrons. The third kappa shape index (κ3) is 1.99. The van der Waals surface area contributed by atoms with Gasteiger partial charge >= 0.3 is 0 Å². The molecule has 0 unspecified atom stereocenters. The zero-order valence-electron chi connectivity index (χ0n) is 7.69. The molecule has 0 heterocycles. The number of allylic oxidation sites excluding steroid dienone is 2. The Morgan fingerprint density at radius 2 is 2.14 bits per heavy atom. The van der Waals surface area contributed by atoms with Gasteiger partial charge in [-0.2, -0.15) is 5.26 Å². The van der Waals surface area contributed by atoms with Crippen LogP contribution >= 0.6 is 0 Å². The molecule has 0 saturated heterocycles. The molecule has 0 fully saturated rings. The van der Waals surface area contributed by atoms with Crippen LogP contribution in [0.4, 0.5) is 0 Å². The van der Waals surface area contributed by atoms with Crippen LogP contribution in [0.3, 0.4) is 0 Å². The molecule has 0 atom stereocenters. The van der Waals surface area contributed by atoms with Crippen LogP contribution in [0.1, 0.15) is 17.3 Å². The highest BCUT2D eigenvalue weighted by Crippen LogP contribution is 2.18. The molecule has 0 amide bonds. The van der Waals surface area contributed by atoms with Crippen molar-refractivity contribution in [3.8, 4) is 11.8 Å². The SMILES string of the molecule is C/C(=C\C#N)C(=O)c1ccccc1O. The van der Waals surface area contributed by atoms with Crippen LogP contribution in [-0.4, -0.2) is 10.9 Å². The number of para-hydroxylation sites is 1. The minimum atomic E-state index is -0.329. The number of hydrogen-bond donors (Lipinski definition) is 1. The first-order valence-corrected chi connectivity index (χ1v) is 4.06. The zero-order chi connectivity index (χ0) is 10.6. The smallest absolute Gasteiger partial charge is 0.193 e. The summed E-state index contributed by atoms with van der Waals surface area (Å²) in [7, 11) is 0. The van der Waals surface area contributed by atoms with E-state index in [1.54, 1.807) is 18.2 Å². The van der Waals surface area contributed by atoms with Gasteiger partial charge in [-0.1, -0.05) is 12.1 Å². The number of aromatic hydroxyl groups is 1. The third-order valence-electron chi connectivity index (χ3n) is 1.79. The van der Waals surface area contributed by atoms with Crippen LogP contribution in [0.2, 0.25) is 0 Å². The number of carbonyl (C=O) groups excluding carboxylic acids is 1. The summed E-state index contributed by atoms with van der Waals surface area (Å²) in [5.74, 6) is -0.396. The summed E-state index contributed by atoms with van der Waals surface area (Å²) < 4.78 is 0. The normalized spacial score (nSPS) is 10.7. The standard InChI is InChI=1S/C11H9NO2/c1-8(6-7-12)11(14)9-4-2-3-5-10(9)13/h2-6,13H,1H3/b8-6+. The molecule has 1 aromatic carbocycles. The molecule has 3 heteroatoms. The zero-order valence-corrected chi connectivity index (χ0v) is 7.69. The van der Waals surface area contributed by atoms with Crippen LogP contribution < -0.4 is 0 Å². The lowest BCUT2D eigenvalue weighted by Gasteiger charge is -2.01. The molecule has 0 aliphatic rings. The lowest BCUT2D eigenvalue weighted by Crippen LogP contribution is -2.00. The van der Waals surface area contributed by atoms with Crippen LogP contribution in [0.25, 0.3) is 0 Å². The molecule has 0 aliphatic carbocycles. The van der Waals surface area contributed by atoms with Crippen molar-refractivity contribution in [3.05, 3.63) is 41.5 Å². The van der Waals surface area contributed by atoms with E-state index in [0.717, 1.165) is 6.08 Å². The summed E-state index contributed by atoms with van der Waals surface area (Å²) in [5.41, 5.74) is 0.533. The van der Waals surface area contributed by atoms with Crippen molar-refractivity contribution in [1.82, 2.24) is 0 Å². The highest BCUT2D eigenvalue weighted by molar-refractivity contribution is 6.10. The summed E-state index contributed by atoms with van der Waals surface area (Å²) in [6.07, 6.45) is 1.16. The Morgan fingerprint density at radius 1 is 1.50 bits per heavy atom. The van der Waals surface area contributed by atoms with Crippen molar-refractivity contribution in [2.75, 3.05) is 0 Å². The number of phenolic OH excluding ortho intramolecular Hbond substituents is 1. The Balaban J connectivity index is 3.09. The maximum absolute atomic E-state index is 11.6. The second-order valence-corrected chi connectivity index (χ2v) is 2.80. The summed E-state index contributed by atoms with van der Waals surface area (Å²) in [6, 6.07) is 8.02. The Hall–Kier alpha value is -2.08. The Kier molecular flexibility index (Phi) is 3.03. The van der Waals surface area contributed by atoms with Crippen molar-refractivity contribution in [3.63, 3.8) is 0 Å². The van der Waals surface area contributed by atoms with Gasteiger partial charge in [-0.15, -0.1) is 0 Å². The van der Waals surface area contributed by atoms with Crippen molar-refractivity contribution in [2.45, 2.75) is 6.92 Å². The van der Waals surface area contributed by atoms with Gasteiger partial charge in [0.25, 0.3) is 0 Å². The highest BCUT2D eigenvalue weighted by Gasteiger charge is 2.11. The molecule has 0 saturated carbocycles. The van der Waals surface area contributed by atoms with Crippen molar-refractivity contribution < 1.29 is 9.90 Å². The predicted octanol–water partition coefficient (Wildman–Crippen LogP) is 2.04. The van der Waals surface area contributed by atoms with Gasteiger partial charge in [-0.25, -0.2) is 0 Å². The van der Waals surface area contributed by atoms with Crippen molar-refractivity contribution in [1.29, 1.82) is 5.26 Å².